The highest BCUT2D eigenvalue weighted by atomic mass is 16.3. The van der Waals surface area contributed by atoms with Crippen molar-refractivity contribution < 1.29 is 9.21 Å². The van der Waals surface area contributed by atoms with Gasteiger partial charge in [-0.2, -0.15) is 0 Å². The van der Waals surface area contributed by atoms with Crippen LogP contribution in [0.1, 0.15) is 35.4 Å². The zero-order valence-corrected chi connectivity index (χ0v) is 18.6. The van der Waals surface area contributed by atoms with Crippen LogP contribution in [0.4, 0.5) is 5.69 Å². The second kappa shape index (κ2) is 8.59. The molecule has 7 heteroatoms. The summed E-state index contributed by atoms with van der Waals surface area (Å²) >= 11 is 0. The minimum absolute atomic E-state index is 0.199. The number of carbonyl (C=O) groups is 1. The van der Waals surface area contributed by atoms with Gasteiger partial charge in [-0.1, -0.05) is 24.6 Å². The Labute approximate surface area is 196 Å². The van der Waals surface area contributed by atoms with Crippen LogP contribution in [0.2, 0.25) is 0 Å². The van der Waals surface area contributed by atoms with Crippen molar-refractivity contribution in [2.45, 2.75) is 32.2 Å². The van der Waals surface area contributed by atoms with Gasteiger partial charge in [0.15, 0.2) is 11.6 Å². The third kappa shape index (κ3) is 3.75. The van der Waals surface area contributed by atoms with E-state index in [-0.39, 0.29) is 5.91 Å². The number of hydrogen-bond donors (Lipinski definition) is 1. The van der Waals surface area contributed by atoms with E-state index in [0.717, 1.165) is 53.9 Å². The molecule has 1 amide bonds. The van der Waals surface area contributed by atoms with Crippen molar-refractivity contribution in [2.75, 3.05) is 5.32 Å². The van der Waals surface area contributed by atoms with E-state index in [1.165, 1.54) is 6.42 Å². The molecule has 7 nitrogen and oxygen atoms in total. The maximum atomic E-state index is 13.3. The Kier molecular flexibility index (Phi) is 5.14. The monoisotopic (exact) mass is 449 g/mol. The largest absolute Gasteiger partial charge is 0.463 e. The van der Waals surface area contributed by atoms with Crippen molar-refractivity contribution in [3.05, 3.63) is 84.4 Å². The number of hydrogen-bond acceptors (Lipinski definition) is 5. The SMILES string of the molecule is O=C(Nc1ccc(-c2nnc3n2CCCCC3)cc1)c1cc(-c2ccco2)nc2ccccc12. The Balaban J connectivity index is 1.29. The Morgan fingerprint density at radius 2 is 1.82 bits per heavy atom. The molecule has 0 bridgehead atoms. The van der Waals surface area contributed by atoms with Gasteiger partial charge in [-0.3, -0.25) is 4.79 Å². The lowest BCUT2D eigenvalue weighted by atomic mass is 10.1. The lowest BCUT2D eigenvalue weighted by Gasteiger charge is -2.11. The molecule has 3 aromatic heterocycles. The lowest BCUT2D eigenvalue weighted by Crippen LogP contribution is -2.13. The molecular weight excluding hydrogens is 426 g/mol. The van der Waals surface area contributed by atoms with Gasteiger partial charge in [0, 0.05) is 29.6 Å². The highest BCUT2D eigenvalue weighted by Gasteiger charge is 2.17. The van der Waals surface area contributed by atoms with Crippen molar-refractivity contribution in [1.82, 2.24) is 19.7 Å². The predicted molar refractivity (Wildman–Crippen MR) is 130 cm³/mol. The fraction of sp³-hybridized carbons (Fsp3) is 0.185. The van der Waals surface area contributed by atoms with Crippen molar-refractivity contribution in [2.24, 2.45) is 0 Å². The minimum Gasteiger partial charge on any atom is -0.463 e. The van der Waals surface area contributed by atoms with E-state index < -0.39 is 0 Å². The normalized spacial score (nSPS) is 13.4. The minimum atomic E-state index is -0.199. The van der Waals surface area contributed by atoms with Crippen LogP contribution in [0, 0.1) is 0 Å². The first-order valence-electron chi connectivity index (χ1n) is 11.5. The average molecular weight is 450 g/mol. The van der Waals surface area contributed by atoms with E-state index in [0.29, 0.717) is 22.7 Å². The molecule has 0 radical (unpaired) electrons. The standard InChI is InChI=1S/C27H23N5O2/c33-27(21-17-23(24-9-6-16-34-24)29-22-8-4-3-7-20(21)22)28-19-13-11-18(12-14-19)26-31-30-25-10-2-1-5-15-32(25)26/h3-4,6-9,11-14,16-17H,1-2,5,10,15H2,(H,28,33). The van der Waals surface area contributed by atoms with Crippen LogP contribution in [0.5, 0.6) is 0 Å². The van der Waals surface area contributed by atoms with Gasteiger partial charge in [0.1, 0.15) is 11.5 Å². The first-order chi connectivity index (χ1) is 16.8. The van der Waals surface area contributed by atoms with Gasteiger partial charge >= 0.3 is 0 Å². The lowest BCUT2D eigenvalue weighted by molar-refractivity contribution is 0.102. The molecule has 0 saturated heterocycles. The van der Waals surface area contributed by atoms with Crippen LogP contribution in [-0.2, 0) is 13.0 Å². The maximum Gasteiger partial charge on any atom is 0.256 e. The van der Waals surface area contributed by atoms with E-state index in [1.807, 2.05) is 60.7 Å². The molecule has 1 aliphatic rings. The van der Waals surface area contributed by atoms with Crippen LogP contribution in [0.3, 0.4) is 0 Å². The predicted octanol–water partition coefficient (Wildman–Crippen LogP) is 5.73. The summed E-state index contributed by atoms with van der Waals surface area (Å²) in [4.78, 5) is 18.0. The second-order valence-electron chi connectivity index (χ2n) is 8.48. The third-order valence-electron chi connectivity index (χ3n) is 6.24. The molecule has 168 valence electrons. The summed E-state index contributed by atoms with van der Waals surface area (Å²) in [5, 5.41) is 12.6. The molecule has 0 aliphatic carbocycles. The number of amides is 1. The molecule has 1 aliphatic heterocycles. The Morgan fingerprint density at radius 3 is 2.68 bits per heavy atom. The summed E-state index contributed by atoms with van der Waals surface area (Å²) in [6.45, 7) is 0.948. The summed E-state index contributed by atoms with van der Waals surface area (Å²) < 4.78 is 7.73. The Bertz CT molecular complexity index is 1470. The number of furan rings is 1. The summed E-state index contributed by atoms with van der Waals surface area (Å²) in [6.07, 6.45) is 6.10. The van der Waals surface area contributed by atoms with Crippen molar-refractivity contribution in [3.63, 3.8) is 0 Å². The fourth-order valence-electron chi connectivity index (χ4n) is 4.51. The molecule has 6 rings (SSSR count). The summed E-state index contributed by atoms with van der Waals surface area (Å²) in [6, 6.07) is 20.8. The summed E-state index contributed by atoms with van der Waals surface area (Å²) in [5.74, 6) is 2.37. The molecule has 4 heterocycles. The smallest absolute Gasteiger partial charge is 0.256 e. The highest BCUT2D eigenvalue weighted by Crippen LogP contribution is 2.27. The molecule has 0 unspecified atom stereocenters. The third-order valence-corrected chi connectivity index (χ3v) is 6.24. The first kappa shape index (κ1) is 20.4. The van der Waals surface area contributed by atoms with E-state index >= 15 is 0 Å². The van der Waals surface area contributed by atoms with E-state index in [9.17, 15) is 4.79 Å². The molecule has 2 aromatic carbocycles. The first-order valence-corrected chi connectivity index (χ1v) is 11.5. The van der Waals surface area contributed by atoms with Gasteiger partial charge in [0.05, 0.1) is 17.3 Å². The van der Waals surface area contributed by atoms with Crippen LogP contribution >= 0.6 is 0 Å². The van der Waals surface area contributed by atoms with E-state index in [4.69, 9.17) is 4.42 Å². The molecule has 0 saturated carbocycles. The van der Waals surface area contributed by atoms with Gasteiger partial charge in [0.2, 0.25) is 0 Å². The topological polar surface area (TPSA) is 85.8 Å². The number of para-hydroxylation sites is 1. The zero-order valence-electron chi connectivity index (χ0n) is 18.6. The molecule has 1 N–H and O–H groups in total. The number of benzene rings is 2. The van der Waals surface area contributed by atoms with Crippen molar-refractivity contribution in [1.29, 1.82) is 0 Å². The summed E-state index contributed by atoms with van der Waals surface area (Å²) in [7, 11) is 0. The number of anilines is 1. The number of pyridine rings is 1. The molecule has 0 fully saturated rings. The molecule has 0 atom stereocenters. The van der Waals surface area contributed by atoms with Gasteiger partial charge in [-0.25, -0.2) is 4.98 Å². The van der Waals surface area contributed by atoms with Gasteiger partial charge in [0.25, 0.3) is 5.91 Å². The molecule has 5 aromatic rings. The van der Waals surface area contributed by atoms with E-state index in [1.54, 1.807) is 12.3 Å². The number of carbonyl (C=O) groups excluding carboxylic acids is 1. The van der Waals surface area contributed by atoms with Crippen LogP contribution in [0.25, 0.3) is 33.7 Å². The van der Waals surface area contributed by atoms with Gasteiger partial charge in [-0.05, 0) is 61.4 Å². The molecule has 34 heavy (non-hydrogen) atoms. The zero-order chi connectivity index (χ0) is 22.9. The van der Waals surface area contributed by atoms with E-state index in [2.05, 4.69) is 25.1 Å². The molecule has 0 spiro atoms. The number of aromatic nitrogens is 4. The second-order valence-corrected chi connectivity index (χ2v) is 8.48. The fourth-order valence-corrected chi connectivity index (χ4v) is 4.51. The number of rotatable bonds is 4. The van der Waals surface area contributed by atoms with Gasteiger partial charge in [-0.15, -0.1) is 10.2 Å². The van der Waals surface area contributed by atoms with Crippen molar-refractivity contribution >= 4 is 22.5 Å². The number of fused-ring (bicyclic) bond motifs is 2. The Hall–Kier alpha value is -4.26. The maximum absolute atomic E-state index is 13.3. The van der Waals surface area contributed by atoms with Crippen LogP contribution in [-0.4, -0.2) is 25.7 Å². The van der Waals surface area contributed by atoms with Gasteiger partial charge < -0.3 is 14.3 Å². The highest BCUT2D eigenvalue weighted by molar-refractivity contribution is 6.13. The Morgan fingerprint density at radius 1 is 0.941 bits per heavy atom. The summed E-state index contributed by atoms with van der Waals surface area (Å²) in [5.41, 5.74) is 3.61. The van der Waals surface area contributed by atoms with Crippen molar-refractivity contribution in [3.8, 4) is 22.8 Å². The number of aryl methyl sites for hydroxylation is 1. The van der Waals surface area contributed by atoms with Crippen LogP contribution in [0.15, 0.2) is 77.4 Å². The quantitative estimate of drug-likeness (QED) is 0.379. The molecular formula is C27H23N5O2. The average Bonchev–Trinajstić information content (AvgIpc) is 3.49. The number of nitrogens with one attached hydrogen (secondary N) is 1. The van der Waals surface area contributed by atoms with Crippen LogP contribution < -0.4 is 5.32 Å². The number of nitrogens with zero attached hydrogens (tertiary/aromatic N) is 4.